The normalized spacial score (nSPS) is 10.5. The van der Waals surface area contributed by atoms with Gasteiger partial charge in [0, 0.05) is 39.1 Å². The van der Waals surface area contributed by atoms with E-state index in [9.17, 15) is 4.79 Å². The zero-order valence-electron chi connectivity index (χ0n) is 16.1. The van der Waals surface area contributed by atoms with E-state index < -0.39 is 0 Å². The molecule has 0 fully saturated rings. The number of amides is 1. The van der Waals surface area contributed by atoms with Gasteiger partial charge >= 0.3 is 0 Å². The van der Waals surface area contributed by atoms with Crippen molar-refractivity contribution in [3.63, 3.8) is 0 Å². The first-order valence-electron chi connectivity index (χ1n) is 8.80. The first-order chi connectivity index (χ1) is 13.5. The topological polar surface area (TPSA) is 61.4 Å². The van der Waals surface area contributed by atoms with Crippen LogP contribution in [0.25, 0.3) is 0 Å². The van der Waals surface area contributed by atoms with Crippen molar-refractivity contribution in [2.24, 2.45) is 0 Å². The van der Waals surface area contributed by atoms with Gasteiger partial charge in [-0.1, -0.05) is 53.4 Å². The summed E-state index contributed by atoms with van der Waals surface area (Å²) in [6.07, 6.45) is 0. The number of benzene rings is 2. The minimum Gasteiger partial charge on any atom is -0.378 e. The lowest BCUT2D eigenvalue weighted by Crippen LogP contribution is -2.27. The molecule has 1 aromatic heterocycles. The SMILES string of the molecule is CN(Cc1ccc(N(C)C)cc1)C(=O)CSc1nnc(Nc2ccccc2)s1. The number of hydrogen-bond donors (Lipinski definition) is 1. The molecule has 0 saturated heterocycles. The zero-order chi connectivity index (χ0) is 19.9. The van der Waals surface area contributed by atoms with Crippen LogP contribution in [0.5, 0.6) is 0 Å². The van der Waals surface area contributed by atoms with Gasteiger partial charge in [-0.2, -0.15) is 0 Å². The van der Waals surface area contributed by atoms with E-state index >= 15 is 0 Å². The van der Waals surface area contributed by atoms with E-state index in [1.54, 1.807) is 4.90 Å². The van der Waals surface area contributed by atoms with Crippen LogP contribution in [0.15, 0.2) is 58.9 Å². The zero-order valence-corrected chi connectivity index (χ0v) is 17.8. The van der Waals surface area contributed by atoms with E-state index in [-0.39, 0.29) is 5.91 Å². The maximum Gasteiger partial charge on any atom is 0.233 e. The van der Waals surface area contributed by atoms with Gasteiger partial charge in [-0.3, -0.25) is 4.79 Å². The molecule has 0 saturated carbocycles. The fraction of sp³-hybridized carbons (Fsp3) is 0.250. The summed E-state index contributed by atoms with van der Waals surface area (Å²) in [4.78, 5) is 16.2. The highest BCUT2D eigenvalue weighted by molar-refractivity contribution is 8.01. The van der Waals surface area contributed by atoms with Gasteiger partial charge in [0.2, 0.25) is 11.0 Å². The average Bonchev–Trinajstić information content (AvgIpc) is 3.14. The lowest BCUT2D eigenvalue weighted by atomic mass is 10.2. The maximum atomic E-state index is 12.4. The van der Waals surface area contributed by atoms with Crippen molar-refractivity contribution in [1.82, 2.24) is 15.1 Å². The minimum atomic E-state index is 0.0643. The predicted octanol–water partition coefficient (Wildman–Crippen LogP) is 4.10. The van der Waals surface area contributed by atoms with Crippen LogP contribution >= 0.6 is 23.1 Å². The van der Waals surface area contributed by atoms with Crippen molar-refractivity contribution in [3.8, 4) is 0 Å². The van der Waals surface area contributed by atoms with Gasteiger partial charge in [-0.15, -0.1) is 10.2 Å². The van der Waals surface area contributed by atoms with E-state index in [4.69, 9.17) is 0 Å². The van der Waals surface area contributed by atoms with Crippen LogP contribution in [0.3, 0.4) is 0 Å². The number of anilines is 3. The van der Waals surface area contributed by atoms with E-state index in [1.807, 2.05) is 51.5 Å². The second-order valence-electron chi connectivity index (χ2n) is 6.46. The third-order valence-corrected chi connectivity index (χ3v) is 6.01. The lowest BCUT2D eigenvalue weighted by Gasteiger charge is -2.18. The Labute approximate surface area is 173 Å². The fourth-order valence-corrected chi connectivity index (χ4v) is 4.17. The molecule has 0 spiro atoms. The van der Waals surface area contributed by atoms with E-state index in [0.717, 1.165) is 26.4 Å². The largest absolute Gasteiger partial charge is 0.378 e. The van der Waals surface area contributed by atoms with Gasteiger partial charge in [0.25, 0.3) is 0 Å². The van der Waals surface area contributed by atoms with Crippen molar-refractivity contribution < 1.29 is 4.79 Å². The van der Waals surface area contributed by atoms with Crippen molar-refractivity contribution >= 4 is 45.5 Å². The van der Waals surface area contributed by atoms with Gasteiger partial charge in [-0.25, -0.2) is 0 Å². The highest BCUT2D eigenvalue weighted by Crippen LogP contribution is 2.27. The van der Waals surface area contributed by atoms with Gasteiger partial charge in [0.15, 0.2) is 4.34 Å². The number of carbonyl (C=O) groups is 1. The third kappa shape index (κ3) is 5.71. The fourth-order valence-electron chi connectivity index (χ4n) is 2.46. The summed E-state index contributed by atoms with van der Waals surface area (Å²) in [6.45, 7) is 0.587. The van der Waals surface area contributed by atoms with Crippen molar-refractivity contribution in [1.29, 1.82) is 0 Å². The molecule has 8 heteroatoms. The second-order valence-corrected chi connectivity index (χ2v) is 8.66. The summed E-state index contributed by atoms with van der Waals surface area (Å²) in [6, 6.07) is 18.1. The number of hydrogen-bond acceptors (Lipinski definition) is 7. The van der Waals surface area contributed by atoms with Crippen LogP contribution in [0.1, 0.15) is 5.56 Å². The molecule has 0 aliphatic rings. The maximum absolute atomic E-state index is 12.4. The summed E-state index contributed by atoms with van der Waals surface area (Å²) in [5.41, 5.74) is 3.22. The molecule has 2 aromatic carbocycles. The summed E-state index contributed by atoms with van der Waals surface area (Å²) >= 11 is 2.86. The number of para-hydroxylation sites is 1. The molecule has 6 nitrogen and oxygen atoms in total. The van der Waals surface area contributed by atoms with Gasteiger partial charge in [-0.05, 0) is 29.8 Å². The van der Waals surface area contributed by atoms with Crippen molar-refractivity contribution in [2.75, 3.05) is 37.1 Å². The van der Waals surface area contributed by atoms with E-state index in [0.29, 0.717) is 12.3 Å². The summed E-state index contributed by atoms with van der Waals surface area (Å²) in [5, 5.41) is 12.2. The second kappa shape index (κ2) is 9.57. The highest BCUT2D eigenvalue weighted by Gasteiger charge is 2.12. The average molecular weight is 414 g/mol. The monoisotopic (exact) mass is 413 g/mol. The highest BCUT2D eigenvalue weighted by atomic mass is 32.2. The Kier molecular flexibility index (Phi) is 6.89. The van der Waals surface area contributed by atoms with Crippen LogP contribution in [-0.4, -0.2) is 47.9 Å². The van der Waals surface area contributed by atoms with Crippen LogP contribution in [0.4, 0.5) is 16.5 Å². The molecule has 0 atom stereocenters. The summed E-state index contributed by atoms with van der Waals surface area (Å²) in [7, 11) is 5.84. The summed E-state index contributed by atoms with van der Waals surface area (Å²) < 4.78 is 0.774. The Balaban J connectivity index is 1.48. The Morgan fingerprint density at radius 1 is 1.04 bits per heavy atom. The number of aromatic nitrogens is 2. The minimum absolute atomic E-state index is 0.0643. The van der Waals surface area contributed by atoms with Crippen LogP contribution in [0.2, 0.25) is 0 Å². The quantitative estimate of drug-likeness (QED) is 0.561. The number of nitrogens with zero attached hydrogens (tertiary/aromatic N) is 4. The first-order valence-corrected chi connectivity index (χ1v) is 10.6. The van der Waals surface area contributed by atoms with Gasteiger partial charge in [0.1, 0.15) is 0 Å². The number of thioether (sulfide) groups is 1. The lowest BCUT2D eigenvalue weighted by molar-refractivity contribution is -0.127. The van der Waals surface area contributed by atoms with E-state index in [1.165, 1.54) is 23.1 Å². The Hall–Kier alpha value is -2.58. The van der Waals surface area contributed by atoms with Crippen molar-refractivity contribution in [2.45, 2.75) is 10.9 Å². The Morgan fingerprint density at radius 2 is 1.75 bits per heavy atom. The molecule has 0 radical (unpaired) electrons. The number of rotatable bonds is 8. The molecule has 3 aromatic rings. The molecule has 0 aliphatic heterocycles. The predicted molar refractivity (Wildman–Crippen MR) is 118 cm³/mol. The molecule has 1 amide bonds. The molecular formula is C20H23N5OS2. The molecule has 146 valence electrons. The molecule has 0 aliphatic carbocycles. The van der Waals surface area contributed by atoms with E-state index in [2.05, 4.69) is 44.7 Å². The number of nitrogens with one attached hydrogen (secondary N) is 1. The molecule has 3 rings (SSSR count). The Morgan fingerprint density at radius 3 is 2.43 bits per heavy atom. The van der Waals surface area contributed by atoms with Crippen LogP contribution in [0, 0.1) is 0 Å². The molecule has 0 bridgehead atoms. The standard InChI is InChI=1S/C20H23N5OS2/c1-24(2)17-11-9-15(10-12-17)13-25(3)18(26)14-27-20-23-22-19(28-20)21-16-7-5-4-6-8-16/h4-12H,13-14H2,1-3H3,(H,21,22). The third-order valence-electron chi connectivity index (χ3n) is 4.05. The molecule has 1 heterocycles. The van der Waals surface area contributed by atoms with Crippen LogP contribution in [-0.2, 0) is 11.3 Å². The Bertz CT molecular complexity index is 896. The molecule has 1 N–H and O–H groups in total. The number of carbonyl (C=O) groups excluding carboxylic acids is 1. The summed E-state index contributed by atoms with van der Waals surface area (Å²) in [5.74, 6) is 0.404. The molecular weight excluding hydrogens is 390 g/mol. The molecule has 0 unspecified atom stereocenters. The van der Waals surface area contributed by atoms with Gasteiger partial charge < -0.3 is 15.1 Å². The van der Waals surface area contributed by atoms with Gasteiger partial charge in [0.05, 0.1) is 5.75 Å². The van der Waals surface area contributed by atoms with Crippen LogP contribution < -0.4 is 10.2 Å². The smallest absolute Gasteiger partial charge is 0.233 e. The van der Waals surface area contributed by atoms with Crippen molar-refractivity contribution in [3.05, 3.63) is 60.2 Å². The molecule has 28 heavy (non-hydrogen) atoms. The first kappa shape index (κ1) is 20.2.